The van der Waals surface area contributed by atoms with Gasteiger partial charge in [-0.05, 0) is 38.5 Å². The molecule has 2 rings (SSSR count). The van der Waals surface area contributed by atoms with Crippen molar-refractivity contribution in [1.82, 2.24) is 4.98 Å². The summed E-state index contributed by atoms with van der Waals surface area (Å²) in [7, 11) is 0. The maximum absolute atomic E-state index is 9.24. The zero-order chi connectivity index (χ0) is 12.5. The fourth-order valence-electron chi connectivity index (χ4n) is 2.23. The van der Waals surface area contributed by atoms with E-state index in [0.717, 1.165) is 30.2 Å². The molecular weight excluding hydrogens is 216 g/mol. The number of morpholine rings is 1. The van der Waals surface area contributed by atoms with Crippen LogP contribution in [0, 0.1) is 6.92 Å². The van der Waals surface area contributed by atoms with E-state index in [9.17, 15) is 5.11 Å². The maximum Gasteiger partial charge on any atom is 0.129 e. The third-order valence-electron chi connectivity index (χ3n) is 3.10. The zero-order valence-electron chi connectivity index (χ0n) is 10.7. The summed E-state index contributed by atoms with van der Waals surface area (Å²) < 4.78 is 5.50. The van der Waals surface area contributed by atoms with Gasteiger partial charge in [0.2, 0.25) is 0 Å². The lowest BCUT2D eigenvalue weighted by atomic mass is 10.0. The Morgan fingerprint density at radius 2 is 2.24 bits per heavy atom. The van der Waals surface area contributed by atoms with Crippen LogP contribution in [0.4, 0.5) is 5.82 Å². The molecule has 1 aliphatic rings. The third kappa shape index (κ3) is 2.58. The van der Waals surface area contributed by atoms with Crippen molar-refractivity contribution in [2.75, 3.05) is 24.7 Å². The standard InChI is InChI=1S/C13H20N2O2/c1-10-6-11(8-16)7-12(14-10)15-4-5-17-9-13(15,2)3/h6-7,16H,4-5,8-9H2,1-3H3. The van der Waals surface area contributed by atoms with Gasteiger partial charge in [0.15, 0.2) is 0 Å². The first-order valence-electron chi connectivity index (χ1n) is 5.97. The van der Waals surface area contributed by atoms with Crippen molar-refractivity contribution in [2.45, 2.75) is 32.9 Å². The number of anilines is 1. The van der Waals surface area contributed by atoms with Gasteiger partial charge in [-0.1, -0.05) is 0 Å². The van der Waals surface area contributed by atoms with Crippen LogP contribution in [0.3, 0.4) is 0 Å². The Labute approximate surface area is 102 Å². The summed E-state index contributed by atoms with van der Waals surface area (Å²) in [6, 6.07) is 3.87. The monoisotopic (exact) mass is 236 g/mol. The molecule has 0 unspecified atom stereocenters. The first-order chi connectivity index (χ1) is 8.03. The molecule has 0 amide bonds. The molecule has 94 valence electrons. The Bertz CT molecular complexity index is 404. The Morgan fingerprint density at radius 3 is 2.88 bits per heavy atom. The lowest BCUT2D eigenvalue weighted by Gasteiger charge is -2.43. The van der Waals surface area contributed by atoms with E-state index in [2.05, 4.69) is 23.7 Å². The molecule has 1 saturated heterocycles. The molecule has 1 N–H and O–H groups in total. The highest BCUT2D eigenvalue weighted by atomic mass is 16.5. The van der Waals surface area contributed by atoms with Crippen molar-refractivity contribution < 1.29 is 9.84 Å². The van der Waals surface area contributed by atoms with E-state index in [1.807, 2.05) is 19.1 Å². The minimum absolute atomic E-state index is 0.0498. The highest BCUT2D eigenvalue weighted by molar-refractivity contribution is 5.45. The molecule has 0 aromatic carbocycles. The summed E-state index contributed by atoms with van der Waals surface area (Å²) in [6.07, 6.45) is 0. The third-order valence-corrected chi connectivity index (χ3v) is 3.10. The summed E-state index contributed by atoms with van der Waals surface area (Å²) >= 11 is 0. The van der Waals surface area contributed by atoms with Gasteiger partial charge >= 0.3 is 0 Å². The number of hydrogen-bond acceptors (Lipinski definition) is 4. The van der Waals surface area contributed by atoms with Gasteiger partial charge < -0.3 is 14.7 Å². The van der Waals surface area contributed by atoms with E-state index in [4.69, 9.17) is 4.74 Å². The van der Waals surface area contributed by atoms with Crippen molar-refractivity contribution in [3.63, 3.8) is 0 Å². The molecule has 2 heterocycles. The first kappa shape index (κ1) is 12.3. The highest BCUT2D eigenvalue weighted by Gasteiger charge is 2.31. The van der Waals surface area contributed by atoms with E-state index in [1.165, 1.54) is 0 Å². The SMILES string of the molecule is Cc1cc(CO)cc(N2CCOCC2(C)C)n1. The molecule has 0 spiro atoms. The van der Waals surface area contributed by atoms with Crippen molar-refractivity contribution in [2.24, 2.45) is 0 Å². The Balaban J connectivity index is 2.35. The number of pyridine rings is 1. The minimum Gasteiger partial charge on any atom is -0.392 e. The molecule has 1 aromatic heterocycles. The Kier molecular flexibility index (Phi) is 3.35. The second-order valence-electron chi connectivity index (χ2n) is 5.15. The number of rotatable bonds is 2. The van der Waals surface area contributed by atoms with E-state index >= 15 is 0 Å². The summed E-state index contributed by atoms with van der Waals surface area (Å²) in [6.45, 7) is 8.58. The van der Waals surface area contributed by atoms with Crippen molar-refractivity contribution >= 4 is 5.82 Å². The zero-order valence-corrected chi connectivity index (χ0v) is 10.7. The Morgan fingerprint density at radius 1 is 1.47 bits per heavy atom. The topological polar surface area (TPSA) is 45.6 Å². The van der Waals surface area contributed by atoms with Crippen LogP contribution >= 0.6 is 0 Å². The molecule has 4 nitrogen and oxygen atoms in total. The van der Waals surface area contributed by atoms with Gasteiger partial charge in [0.1, 0.15) is 5.82 Å². The van der Waals surface area contributed by atoms with Gasteiger partial charge in [-0.2, -0.15) is 0 Å². The molecule has 0 atom stereocenters. The molecule has 4 heteroatoms. The maximum atomic E-state index is 9.24. The van der Waals surface area contributed by atoms with Gasteiger partial charge in [0.05, 0.1) is 25.4 Å². The second-order valence-corrected chi connectivity index (χ2v) is 5.15. The number of aliphatic hydroxyl groups excluding tert-OH is 1. The van der Waals surface area contributed by atoms with Crippen LogP contribution in [-0.2, 0) is 11.3 Å². The molecular formula is C13H20N2O2. The van der Waals surface area contributed by atoms with E-state index in [1.54, 1.807) is 0 Å². The van der Waals surface area contributed by atoms with Crippen molar-refractivity contribution in [3.8, 4) is 0 Å². The molecule has 1 fully saturated rings. The van der Waals surface area contributed by atoms with Gasteiger partial charge in [-0.25, -0.2) is 4.98 Å². The average Bonchev–Trinajstić information content (AvgIpc) is 2.27. The number of aliphatic hydroxyl groups is 1. The van der Waals surface area contributed by atoms with Crippen molar-refractivity contribution in [1.29, 1.82) is 0 Å². The molecule has 0 bridgehead atoms. The smallest absolute Gasteiger partial charge is 0.129 e. The summed E-state index contributed by atoms with van der Waals surface area (Å²) in [5, 5.41) is 9.24. The van der Waals surface area contributed by atoms with E-state index < -0.39 is 0 Å². The number of aryl methyl sites for hydroxylation is 1. The van der Waals surface area contributed by atoms with E-state index in [0.29, 0.717) is 6.61 Å². The molecule has 17 heavy (non-hydrogen) atoms. The van der Waals surface area contributed by atoms with Crippen LogP contribution in [0.25, 0.3) is 0 Å². The second kappa shape index (κ2) is 4.63. The van der Waals surface area contributed by atoms with Crippen LogP contribution in [0.5, 0.6) is 0 Å². The van der Waals surface area contributed by atoms with Gasteiger partial charge in [-0.15, -0.1) is 0 Å². The van der Waals surface area contributed by atoms with Crippen molar-refractivity contribution in [3.05, 3.63) is 23.4 Å². The molecule has 0 aliphatic carbocycles. The first-order valence-corrected chi connectivity index (χ1v) is 5.97. The molecule has 0 radical (unpaired) electrons. The van der Waals surface area contributed by atoms with Crippen LogP contribution in [0.1, 0.15) is 25.1 Å². The van der Waals surface area contributed by atoms with Crippen LogP contribution in [0.2, 0.25) is 0 Å². The van der Waals surface area contributed by atoms with Crippen LogP contribution < -0.4 is 4.90 Å². The van der Waals surface area contributed by atoms with Gasteiger partial charge in [-0.3, -0.25) is 0 Å². The lowest BCUT2D eigenvalue weighted by Crippen LogP contribution is -2.53. The summed E-state index contributed by atoms with van der Waals surface area (Å²) in [5.41, 5.74) is 1.80. The minimum atomic E-state index is -0.0498. The predicted molar refractivity (Wildman–Crippen MR) is 67.1 cm³/mol. The summed E-state index contributed by atoms with van der Waals surface area (Å²) in [5.74, 6) is 0.933. The largest absolute Gasteiger partial charge is 0.392 e. The normalized spacial score (nSPS) is 19.4. The fraction of sp³-hybridized carbons (Fsp3) is 0.615. The van der Waals surface area contributed by atoms with Crippen LogP contribution in [0.15, 0.2) is 12.1 Å². The molecule has 0 saturated carbocycles. The van der Waals surface area contributed by atoms with Gasteiger partial charge in [0.25, 0.3) is 0 Å². The molecule has 1 aliphatic heterocycles. The van der Waals surface area contributed by atoms with Crippen LogP contribution in [-0.4, -0.2) is 35.4 Å². The number of hydrogen-bond donors (Lipinski definition) is 1. The lowest BCUT2D eigenvalue weighted by molar-refractivity contribution is 0.0639. The number of ether oxygens (including phenoxy) is 1. The van der Waals surface area contributed by atoms with Gasteiger partial charge in [0, 0.05) is 12.2 Å². The van der Waals surface area contributed by atoms with E-state index in [-0.39, 0.29) is 12.1 Å². The predicted octanol–water partition coefficient (Wildman–Crippen LogP) is 1.50. The number of nitrogens with zero attached hydrogens (tertiary/aromatic N) is 2. The summed E-state index contributed by atoms with van der Waals surface area (Å²) in [4.78, 5) is 6.81. The highest BCUT2D eigenvalue weighted by Crippen LogP contribution is 2.26. The Hall–Kier alpha value is -1.13. The quantitative estimate of drug-likeness (QED) is 0.845. The fourth-order valence-corrected chi connectivity index (χ4v) is 2.23. The average molecular weight is 236 g/mol. The number of aromatic nitrogens is 1. The molecule has 1 aromatic rings.